The number of hydrogen-bond donors (Lipinski definition) is 1. The summed E-state index contributed by atoms with van der Waals surface area (Å²) in [5.74, 6) is 0.00435. The van der Waals surface area contributed by atoms with Gasteiger partial charge in [-0.3, -0.25) is 0 Å². The van der Waals surface area contributed by atoms with Crippen molar-refractivity contribution >= 4 is 11.8 Å². The molecule has 1 saturated heterocycles. The van der Waals surface area contributed by atoms with Gasteiger partial charge in [-0.1, -0.05) is 18.2 Å². The highest BCUT2D eigenvalue weighted by Crippen LogP contribution is 2.50. The van der Waals surface area contributed by atoms with Gasteiger partial charge in [0.15, 0.2) is 0 Å². The maximum atomic E-state index is 13.6. The Morgan fingerprint density at radius 3 is 2.69 bits per heavy atom. The third-order valence-corrected chi connectivity index (χ3v) is 6.54. The van der Waals surface area contributed by atoms with Crippen molar-refractivity contribution in [2.45, 2.75) is 37.4 Å². The molecule has 1 amide bonds. The van der Waals surface area contributed by atoms with Crippen LogP contribution in [-0.4, -0.2) is 41.8 Å². The summed E-state index contributed by atoms with van der Waals surface area (Å²) in [6, 6.07) is 9.69. The Balaban J connectivity index is 1.65. The van der Waals surface area contributed by atoms with Gasteiger partial charge in [-0.2, -0.15) is 13.2 Å². The second-order valence-electron chi connectivity index (χ2n) is 8.10. The Morgan fingerprint density at radius 2 is 1.93 bits per heavy atom. The molecule has 4 nitrogen and oxygen atoms in total. The molecule has 5 rings (SSSR count). The van der Waals surface area contributed by atoms with Gasteiger partial charge in [0.05, 0.1) is 5.56 Å². The molecule has 0 saturated carbocycles. The van der Waals surface area contributed by atoms with Gasteiger partial charge in [0.1, 0.15) is 0 Å². The minimum absolute atomic E-state index is 0.00435. The van der Waals surface area contributed by atoms with Crippen LogP contribution in [0.1, 0.15) is 35.4 Å². The van der Waals surface area contributed by atoms with Gasteiger partial charge in [-0.05, 0) is 59.7 Å². The molecule has 0 aliphatic carbocycles. The number of carbonyl (C=O) groups is 1. The van der Waals surface area contributed by atoms with Gasteiger partial charge in [0, 0.05) is 37.3 Å². The Bertz CT molecular complexity index is 989. The molecule has 1 fully saturated rings. The zero-order chi connectivity index (χ0) is 20.3. The fourth-order valence-corrected chi connectivity index (χ4v) is 5.36. The van der Waals surface area contributed by atoms with Crippen LogP contribution in [0.4, 0.5) is 23.7 Å². The maximum Gasteiger partial charge on any atom is 0.417 e. The molecule has 2 aromatic carbocycles. The van der Waals surface area contributed by atoms with E-state index < -0.39 is 17.8 Å². The van der Waals surface area contributed by atoms with Crippen LogP contribution in [0.15, 0.2) is 36.4 Å². The first-order chi connectivity index (χ1) is 13.8. The lowest BCUT2D eigenvalue weighted by Gasteiger charge is -2.39. The van der Waals surface area contributed by atoms with Gasteiger partial charge in [0.25, 0.3) is 0 Å². The SMILES string of the molecule is O=C(O)N1CC[C@H]2[C@@H](C1)c1cc(-c3ccccc3C(F)(F)F)cc3c1N2CCC3. The second-order valence-corrected chi connectivity index (χ2v) is 8.10. The molecular weight excluding hydrogens is 381 g/mol. The van der Waals surface area contributed by atoms with E-state index in [0.717, 1.165) is 48.7 Å². The molecule has 7 heteroatoms. The van der Waals surface area contributed by atoms with Gasteiger partial charge in [-0.25, -0.2) is 4.79 Å². The standard InChI is InChI=1S/C22H21F3N2O2/c23-22(24,25)18-6-2-1-5-15(18)14-10-13-4-3-8-27-19-7-9-26(21(28)29)12-17(19)16(11-14)20(13)27/h1-2,5-6,10-11,17,19H,3-4,7-9,12H2,(H,28,29)/t17-,19-/m0/s1. The molecule has 0 radical (unpaired) electrons. The van der Waals surface area contributed by atoms with Crippen molar-refractivity contribution in [3.05, 3.63) is 53.1 Å². The molecule has 0 aromatic heterocycles. The van der Waals surface area contributed by atoms with Crippen molar-refractivity contribution in [3.63, 3.8) is 0 Å². The van der Waals surface area contributed by atoms with E-state index in [-0.39, 0.29) is 17.5 Å². The summed E-state index contributed by atoms with van der Waals surface area (Å²) in [6.07, 6.45) is -2.81. The molecule has 3 aliphatic heterocycles. The summed E-state index contributed by atoms with van der Waals surface area (Å²) in [5.41, 5.74) is 3.34. The lowest BCUT2D eigenvalue weighted by Crippen LogP contribution is -2.48. The number of alkyl halides is 3. The minimum Gasteiger partial charge on any atom is -0.465 e. The Morgan fingerprint density at radius 1 is 1.14 bits per heavy atom. The molecule has 0 spiro atoms. The molecule has 152 valence electrons. The number of likely N-dealkylation sites (tertiary alicyclic amines) is 1. The van der Waals surface area contributed by atoms with E-state index in [1.807, 2.05) is 12.1 Å². The summed E-state index contributed by atoms with van der Waals surface area (Å²) < 4.78 is 40.8. The number of benzene rings is 2. The maximum absolute atomic E-state index is 13.6. The monoisotopic (exact) mass is 402 g/mol. The van der Waals surface area contributed by atoms with Crippen molar-refractivity contribution < 1.29 is 23.1 Å². The fraction of sp³-hybridized carbons (Fsp3) is 0.409. The van der Waals surface area contributed by atoms with Crippen LogP contribution in [0.5, 0.6) is 0 Å². The topological polar surface area (TPSA) is 43.8 Å². The number of hydrogen-bond acceptors (Lipinski definition) is 2. The zero-order valence-electron chi connectivity index (χ0n) is 15.7. The highest BCUT2D eigenvalue weighted by molar-refractivity contribution is 5.78. The Labute approximate surface area is 166 Å². The number of piperidine rings is 1. The molecule has 2 aromatic rings. The number of amides is 1. The molecule has 0 bridgehead atoms. The van der Waals surface area contributed by atoms with E-state index in [0.29, 0.717) is 18.7 Å². The van der Waals surface area contributed by atoms with Crippen molar-refractivity contribution in [1.82, 2.24) is 4.90 Å². The van der Waals surface area contributed by atoms with E-state index in [2.05, 4.69) is 4.90 Å². The van der Waals surface area contributed by atoms with Crippen LogP contribution in [0.3, 0.4) is 0 Å². The largest absolute Gasteiger partial charge is 0.465 e. The van der Waals surface area contributed by atoms with E-state index >= 15 is 0 Å². The van der Waals surface area contributed by atoms with Crippen molar-refractivity contribution in [1.29, 1.82) is 0 Å². The molecule has 3 heterocycles. The fourth-order valence-electron chi connectivity index (χ4n) is 5.36. The summed E-state index contributed by atoms with van der Waals surface area (Å²) in [5, 5.41) is 9.44. The number of carboxylic acid groups (broad SMARTS) is 1. The summed E-state index contributed by atoms with van der Waals surface area (Å²) in [7, 11) is 0. The van der Waals surface area contributed by atoms with Crippen molar-refractivity contribution in [2.24, 2.45) is 0 Å². The first kappa shape index (κ1) is 18.3. The van der Waals surface area contributed by atoms with Crippen molar-refractivity contribution in [2.75, 3.05) is 24.5 Å². The summed E-state index contributed by atoms with van der Waals surface area (Å²) >= 11 is 0. The van der Waals surface area contributed by atoms with Crippen LogP contribution in [-0.2, 0) is 12.6 Å². The Kier molecular flexibility index (Phi) is 4.05. The highest BCUT2D eigenvalue weighted by Gasteiger charge is 2.45. The number of anilines is 1. The zero-order valence-corrected chi connectivity index (χ0v) is 15.7. The molecular formula is C22H21F3N2O2. The average molecular weight is 402 g/mol. The van der Waals surface area contributed by atoms with Crippen LogP contribution in [0, 0.1) is 0 Å². The number of nitrogens with zero attached hydrogens (tertiary/aromatic N) is 2. The number of rotatable bonds is 1. The Hall–Kier alpha value is -2.70. The summed E-state index contributed by atoms with van der Waals surface area (Å²) in [4.78, 5) is 15.3. The normalized spacial score (nSPS) is 23.0. The number of fused-ring (bicyclic) bond motifs is 3. The molecule has 29 heavy (non-hydrogen) atoms. The molecule has 1 N–H and O–H groups in total. The second kappa shape index (κ2) is 6.40. The van der Waals surface area contributed by atoms with Crippen LogP contribution < -0.4 is 4.90 Å². The molecule has 2 atom stereocenters. The third-order valence-electron chi connectivity index (χ3n) is 6.54. The third kappa shape index (κ3) is 2.86. The quantitative estimate of drug-likeness (QED) is 0.732. The summed E-state index contributed by atoms with van der Waals surface area (Å²) in [6.45, 7) is 1.82. The van der Waals surface area contributed by atoms with E-state index in [4.69, 9.17) is 0 Å². The highest BCUT2D eigenvalue weighted by atomic mass is 19.4. The van der Waals surface area contributed by atoms with E-state index in [9.17, 15) is 23.1 Å². The van der Waals surface area contributed by atoms with E-state index in [1.54, 1.807) is 6.07 Å². The van der Waals surface area contributed by atoms with Gasteiger partial charge in [0.2, 0.25) is 0 Å². The predicted octanol–water partition coefficient (Wildman–Crippen LogP) is 4.97. The van der Waals surface area contributed by atoms with E-state index in [1.165, 1.54) is 17.0 Å². The molecule has 3 aliphatic rings. The minimum atomic E-state index is -4.42. The van der Waals surface area contributed by atoms with Gasteiger partial charge in [-0.15, -0.1) is 0 Å². The van der Waals surface area contributed by atoms with Gasteiger partial charge >= 0.3 is 12.3 Å². The lowest BCUT2D eigenvalue weighted by molar-refractivity contribution is -0.137. The van der Waals surface area contributed by atoms with Crippen LogP contribution in [0.25, 0.3) is 11.1 Å². The number of halogens is 3. The van der Waals surface area contributed by atoms with Gasteiger partial charge < -0.3 is 14.9 Å². The lowest BCUT2D eigenvalue weighted by atomic mass is 9.86. The number of aryl methyl sites for hydroxylation is 1. The first-order valence-electron chi connectivity index (χ1n) is 9.92. The molecule has 0 unspecified atom stereocenters. The van der Waals surface area contributed by atoms with Crippen LogP contribution >= 0.6 is 0 Å². The predicted molar refractivity (Wildman–Crippen MR) is 103 cm³/mol. The average Bonchev–Trinajstić information content (AvgIpc) is 3.02. The smallest absolute Gasteiger partial charge is 0.417 e. The van der Waals surface area contributed by atoms with Crippen molar-refractivity contribution in [3.8, 4) is 11.1 Å². The first-order valence-corrected chi connectivity index (χ1v) is 9.92. The van der Waals surface area contributed by atoms with Crippen LogP contribution in [0.2, 0.25) is 0 Å².